The molecule has 4 aromatic rings. The molecule has 2 aliphatic heterocycles. The number of morpholine rings is 1. The number of aromatic nitrogens is 2. The molecule has 244 valence electrons. The highest BCUT2D eigenvalue weighted by Gasteiger charge is 2.27. The summed E-state index contributed by atoms with van der Waals surface area (Å²) < 4.78 is 7.72. The number of nitrogens with one attached hydrogen (secondary N) is 1. The van der Waals surface area contributed by atoms with Gasteiger partial charge in [0.25, 0.3) is 0 Å². The quantitative estimate of drug-likeness (QED) is 0.210. The lowest BCUT2D eigenvalue weighted by Gasteiger charge is -2.33. The fourth-order valence-electron chi connectivity index (χ4n) is 6.25. The molecule has 2 aliphatic rings. The van der Waals surface area contributed by atoms with E-state index in [4.69, 9.17) is 38.8 Å². The zero-order valence-corrected chi connectivity index (χ0v) is 28.2. The number of primary amides is 1. The van der Waals surface area contributed by atoms with Gasteiger partial charge in [-0.25, -0.2) is 4.79 Å². The van der Waals surface area contributed by atoms with Crippen LogP contribution in [0.3, 0.4) is 0 Å². The molecule has 8 nitrogen and oxygen atoms in total. The van der Waals surface area contributed by atoms with Crippen LogP contribution >= 0.6 is 23.2 Å². The maximum Gasteiger partial charge on any atom is 0.315 e. The van der Waals surface area contributed by atoms with E-state index in [0.29, 0.717) is 47.7 Å². The largest absolute Gasteiger partial charge is 0.379 e. The fourth-order valence-corrected chi connectivity index (χ4v) is 6.60. The van der Waals surface area contributed by atoms with Gasteiger partial charge in [-0.05, 0) is 54.8 Å². The molecular weight excluding hydrogens is 631 g/mol. The Bertz CT molecular complexity index is 1780. The van der Waals surface area contributed by atoms with E-state index < -0.39 is 6.03 Å². The van der Waals surface area contributed by atoms with E-state index in [-0.39, 0.29) is 0 Å². The van der Waals surface area contributed by atoms with E-state index in [0.717, 1.165) is 79.5 Å². The lowest BCUT2D eigenvalue weighted by molar-refractivity contribution is -0.00122. The second-order valence-corrected chi connectivity index (χ2v) is 13.0. The first-order chi connectivity index (χ1) is 22.9. The molecule has 2 amide bonds. The van der Waals surface area contributed by atoms with Crippen LogP contribution in [0.5, 0.6) is 0 Å². The second kappa shape index (κ2) is 15.4. The van der Waals surface area contributed by atoms with Crippen LogP contribution in [0.2, 0.25) is 10.0 Å². The monoisotopic (exact) mass is 670 g/mol. The number of amides is 2. The number of nitrogens with two attached hydrogens (primary N) is 1. The first kappa shape index (κ1) is 33.1. The number of rotatable bonds is 9. The molecule has 1 fully saturated rings. The Morgan fingerprint density at radius 3 is 2.66 bits per heavy atom. The van der Waals surface area contributed by atoms with Crippen molar-refractivity contribution in [3.63, 3.8) is 0 Å². The third-order valence-corrected chi connectivity index (χ3v) is 9.58. The number of urea groups is 1. The Balaban J connectivity index is 1.22. The van der Waals surface area contributed by atoms with E-state index >= 15 is 0 Å². The minimum atomic E-state index is -0.420. The summed E-state index contributed by atoms with van der Waals surface area (Å²) in [6.45, 7) is 8.88. The number of halogens is 2. The molecule has 0 spiro atoms. The van der Waals surface area contributed by atoms with Gasteiger partial charge in [-0.1, -0.05) is 71.4 Å². The molecule has 10 heteroatoms. The predicted octanol–water partition coefficient (Wildman–Crippen LogP) is 6.09. The van der Waals surface area contributed by atoms with E-state index in [2.05, 4.69) is 45.8 Å². The zero-order chi connectivity index (χ0) is 32.8. The van der Waals surface area contributed by atoms with Crippen LogP contribution in [0.15, 0.2) is 66.7 Å². The van der Waals surface area contributed by atoms with Gasteiger partial charge in [-0.15, -0.1) is 0 Å². The molecule has 0 unspecified atom stereocenters. The molecule has 1 aromatic heterocycles. The summed E-state index contributed by atoms with van der Waals surface area (Å²) in [5, 5.41) is 9.82. The van der Waals surface area contributed by atoms with E-state index in [9.17, 15) is 4.79 Å². The SMILES string of the molecule is C[C@@H]1COCCN1CCCn1nc(-c2ccc(Cl)c(C#Cc3ccc(Cl)c(CNCc4ccccc4)c3)c2)c2c1CCN(C(N)=O)C2. The maximum absolute atomic E-state index is 12.1. The van der Waals surface area contributed by atoms with Crippen LogP contribution in [-0.4, -0.2) is 64.5 Å². The van der Waals surface area contributed by atoms with Crippen LogP contribution in [0, 0.1) is 11.8 Å². The van der Waals surface area contributed by atoms with Gasteiger partial charge in [0.1, 0.15) is 0 Å². The second-order valence-electron chi connectivity index (χ2n) is 12.2. The fraction of sp³-hybridized carbons (Fsp3) is 0.351. The van der Waals surface area contributed by atoms with Crippen LogP contribution in [0.4, 0.5) is 4.79 Å². The van der Waals surface area contributed by atoms with Crippen molar-refractivity contribution >= 4 is 29.2 Å². The van der Waals surface area contributed by atoms with Crippen molar-refractivity contribution in [1.82, 2.24) is 24.9 Å². The topological polar surface area (TPSA) is 88.7 Å². The summed E-state index contributed by atoms with van der Waals surface area (Å²) in [6, 6.07) is 21.9. The summed E-state index contributed by atoms with van der Waals surface area (Å²) in [5.74, 6) is 6.56. The summed E-state index contributed by atoms with van der Waals surface area (Å²) in [4.78, 5) is 16.3. The van der Waals surface area contributed by atoms with Crippen LogP contribution in [-0.2, 0) is 37.3 Å². The standard InChI is InChI=1S/C37H40Cl2N6O2/c1-26-25-47-19-18-43(26)15-5-16-45-35-14-17-44(37(40)46)24-32(35)36(42-45)30-11-13-33(38)29(21-30)10-8-27-9-12-34(39)31(20-27)23-41-22-28-6-3-2-4-7-28/h2-4,6-7,9,11-13,20-21,26,41H,5,14-19,22-25H2,1H3,(H2,40,46)/t26-/m1/s1. The molecule has 1 atom stereocenters. The van der Waals surface area contributed by atoms with Gasteiger partial charge in [-0.2, -0.15) is 5.10 Å². The number of nitrogens with zero attached hydrogens (tertiary/aromatic N) is 4. The smallest absolute Gasteiger partial charge is 0.315 e. The molecule has 3 heterocycles. The summed E-state index contributed by atoms with van der Waals surface area (Å²) >= 11 is 13.2. The highest BCUT2D eigenvalue weighted by atomic mass is 35.5. The lowest BCUT2D eigenvalue weighted by atomic mass is 9.99. The van der Waals surface area contributed by atoms with Crippen LogP contribution in [0.25, 0.3) is 11.3 Å². The zero-order valence-electron chi connectivity index (χ0n) is 26.6. The predicted molar refractivity (Wildman–Crippen MR) is 187 cm³/mol. The average molecular weight is 672 g/mol. The van der Waals surface area contributed by atoms with Gasteiger partial charge in [0.2, 0.25) is 0 Å². The summed E-state index contributed by atoms with van der Waals surface area (Å²) in [5.41, 5.74) is 13.4. The van der Waals surface area contributed by atoms with Gasteiger partial charge in [0.05, 0.1) is 30.5 Å². The Morgan fingerprint density at radius 1 is 1.02 bits per heavy atom. The average Bonchev–Trinajstić information content (AvgIpc) is 3.44. The van der Waals surface area contributed by atoms with E-state index in [1.807, 2.05) is 54.6 Å². The minimum Gasteiger partial charge on any atom is -0.379 e. The molecule has 3 N–H and O–H groups in total. The van der Waals surface area contributed by atoms with Crippen molar-refractivity contribution < 1.29 is 9.53 Å². The van der Waals surface area contributed by atoms with Gasteiger partial charge >= 0.3 is 6.03 Å². The lowest BCUT2D eigenvalue weighted by Crippen LogP contribution is -2.44. The van der Waals surface area contributed by atoms with Crippen molar-refractivity contribution in [1.29, 1.82) is 0 Å². The van der Waals surface area contributed by atoms with E-state index in [1.54, 1.807) is 4.90 Å². The Labute approximate surface area is 286 Å². The molecule has 0 aliphatic carbocycles. The number of fused-ring (bicyclic) bond motifs is 1. The Hall–Kier alpha value is -3.84. The van der Waals surface area contributed by atoms with Gasteiger partial charge in [0.15, 0.2) is 0 Å². The third-order valence-electron chi connectivity index (χ3n) is 8.88. The van der Waals surface area contributed by atoms with Crippen molar-refractivity contribution in [2.75, 3.05) is 32.8 Å². The van der Waals surface area contributed by atoms with Crippen molar-refractivity contribution in [2.24, 2.45) is 5.73 Å². The molecule has 6 rings (SSSR count). The Morgan fingerprint density at radius 2 is 1.85 bits per heavy atom. The first-order valence-corrected chi connectivity index (χ1v) is 16.9. The van der Waals surface area contributed by atoms with Gasteiger partial charge in [-0.3, -0.25) is 9.58 Å². The molecule has 47 heavy (non-hydrogen) atoms. The number of carbonyl (C=O) groups excluding carboxylic acids is 1. The van der Waals surface area contributed by atoms with Crippen molar-refractivity contribution in [3.05, 3.63) is 110 Å². The molecule has 0 radical (unpaired) electrons. The van der Waals surface area contributed by atoms with Gasteiger partial charge in [0, 0.05) is 84.7 Å². The molecular formula is C37H40Cl2N6O2. The number of hydrogen-bond donors (Lipinski definition) is 2. The number of hydrogen-bond acceptors (Lipinski definition) is 5. The molecule has 0 bridgehead atoms. The molecule has 1 saturated heterocycles. The van der Waals surface area contributed by atoms with Crippen LogP contribution in [0.1, 0.15) is 46.9 Å². The Kier molecular flexibility index (Phi) is 10.8. The number of aryl methyl sites for hydroxylation is 1. The van der Waals surface area contributed by atoms with Crippen molar-refractivity contribution in [2.45, 2.75) is 52.0 Å². The third kappa shape index (κ3) is 8.18. The summed E-state index contributed by atoms with van der Waals surface area (Å²) in [6.07, 6.45) is 1.68. The molecule has 3 aromatic carbocycles. The molecule has 0 saturated carbocycles. The number of ether oxygens (including phenoxy) is 1. The normalized spacial score (nSPS) is 16.4. The van der Waals surface area contributed by atoms with Gasteiger partial charge < -0.3 is 20.7 Å². The number of benzene rings is 3. The number of carbonyl (C=O) groups is 1. The highest BCUT2D eigenvalue weighted by molar-refractivity contribution is 6.32. The summed E-state index contributed by atoms with van der Waals surface area (Å²) in [7, 11) is 0. The highest BCUT2D eigenvalue weighted by Crippen LogP contribution is 2.32. The van der Waals surface area contributed by atoms with Crippen LogP contribution < -0.4 is 11.1 Å². The van der Waals surface area contributed by atoms with Crippen molar-refractivity contribution in [3.8, 4) is 23.1 Å². The maximum atomic E-state index is 12.1. The first-order valence-electron chi connectivity index (χ1n) is 16.2. The van der Waals surface area contributed by atoms with E-state index in [1.165, 1.54) is 5.56 Å². The minimum absolute atomic E-state index is 0.416.